The number of nitrogens with one attached hydrogen (secondary N) is 2. The van der Waals surface area contributed by atoms with Crippen molar-refractivity contribution in [3.63, 3.8) is 0 Å². The van der Waals surface area contributed by atoms with Crippen molar-refractivity contribution in [2.75, 3.05) is 31.1 Å². The number of hydrogen-bond donors (Lipinski definition) is 3. The number of carbonyl (C=O) groups is 1. The molecule has 100 valence electrons. The second-order valence-corrected chi connectivity index (χ2v) is 4.72. The molecule has 1 aliphatic heterocycles. The molecule has 0 aliphatic carbocycles. The Morgan fingerprint density at radius 2 is 2.21 bits per heavy atom. The number of amides is 1. The van der Waals surface area contributed by atoms with Crippen molar-refractivity contribution in [2.45, 2.75) is 6.42 Å². The summed E-state index contributed by atoms with van der Waals surface area (Å²) in [5.74, 6) is 0.369. The first-order valence-corrected chi connectivity index (χ1v) is 6.50. The van der Waals surface area contributed by atoms with Gasteiger partial charge >= 0.3 is 0 Å². The van der Waals surface area contributed by atoms with Crippen molar-refractivity contribution in [2.24, 2.45) is 5.73 Å². The van der Waals surface area contributed by atoms with E-state index in [-0.39, 0.29) is 0 Å². The third-order valence-corrected chi connectivity index (χ3v) is 3.41. The van der Waals surface area contributed by atoms with Crippen LogP contribution >= 0.6 is 0 Å². The van der Waals surface area contributed by atoms with Gasteiger partial charge in [0.1, 0.15) is 5.52 Å². The van der Waals surface area contributed by atoms with Gasteiger partial charge in [0, 0.05) is 19.6 Å². The highest BCUT2D eigenvalue weighted by Crippen LogP contribution is 2.21. The van der Waals surface area contributed by atoms with E-state index < -0.39 is 5.91 Å². The third-order valence-electron chi connectivity index (χ3n) is 3.41. The molecule has 0 bridgehead atoms. The second kappa shape index (κ2) is 4.89. The summed E-state index contributed by atoms with van der Waals surface area (Å²) in [5.41, 5.74) is 7.35. The van der Waals surface area contributed by atoms with Crippen LogP contribution in [0.3, 0.4) is 0 Å². The lowest BCUT2D eigenvalue weighted by Crippen LogP contribution is -2.28. The topological polar surface area (TPSA) is 87.0 Å². The predicted octanol–water partition coefficient (Wildman–Crippen LogP) is 0.461. The van der Waals surface area contributed by atoms with E-state index in [1.54, 1.807) is 6.07 Å². The molecule has 0 unspecified atom stereocenters. The number of para-hydroxylation sites is 1. The Balaban J connectivity index is 2.01. The first-order valence-electron chi connectivity index (χ1n) is 6.50. The number of hydrogen-bond acceptors (Lipinski definition) is 4. The van der Waals surface area contributed by atoms with Crippen LogP contribution in [0.1, 0.15) is 16.8 Å². The largest absolute Gasteiger partial charge is 0.366 e. The van der Waals surface area contributed by atoms with E-state index in [1.165, 1.54) is 0 Å². The lowest BCUT2D eigenvalue weighted by atomic mass is 10.2. The number of aromatic nitrogens is 2. The maximum Gasteiger partial charge on any atom is 0.250 e. The van der Waals surface area contributed by atoms with Crippen LogP contribution in [0, 0.1) is 0 Å². The standard InChI is InChI=1S/C13H17N5O/c14-12(19)9-3-1-4-10-11(9)17-13(16-10)18-7-2-5-15-6-8-18/h1,3-4,15H,2,5-8H2,(H2,14,19)(H,16,17). The monoisotopic (exact) mass is 259 g/mol. The predicted molar refractivity (Wildman–Crippen MR) is 74.3 cm³/mol. The Morgan fingerprint density at radius 3 is 3.05 bits per heavy atom. The van der Waals surface area contributed by atoms with Crippen LogP contribution in [0.15, 0.2) is 18.2 Å². The Morgan fingerprint density at radius 1 is 1.32 bits per heavy atom. The molecule has 2 aromatic rings. The van der Waals surface area contributed by atoms with Gasteiger partial charge in [0.05, 0.1) is 11.1 Å². The van der Waals surface area contributed by atoms with Crippen molar-refractivity contribution in [3.8, 4) is 0 Å². The van der Waals surface area contributed by atoms with Crippen molar-refractivity contribution in [3.05, 3.63) is 23.8 Å². The normalized spacial score (nSPS) is 16.5. The molecule has 0 atom stereocenters. The number of imidazole rings is 1. The van der Waals surface area contributed by atoms with Gasteiger partial charge in [-0.2, -0.15) is 0 Å². The molecular weight excluding hydrogens is 242 g/mol. The fourth-order valence-corrected chi connectivity index (χ4v) is 2.43. The molecule has 3 rings (SSSR count). The zero-order valence-corrected chi connectivity index (χ0v) is 10.6. The lowest BCUT2D eigenvalue weighted by Gasteiger charge is -2.18. The molecule has 19 heavy (non-hydrogen) atoms. The SMILES string of the molecule is NC(=O)c1cccc2[nH]c(N3CCCNCC3)nc12. The van der Waals surface area contributed by atoms with Crippen molar-refractivity contribution < 1.29 is 4.79 Å². The quantitative estimate of drug-likeness (QED) is 0.731. The summed E-state index contributed by atoms with van der Waals surface area (Å²) in [4.78, 5) is 21.4. The third kappa shape index (κ3) is 2.26. The van der Waals surface area contributed by atoms with E-state index in [2.05, 4.69) is 20.2 Å². The number of benzene rings is 1. The summed E-state index contributed by atoms with van der Waals surface area (Å²) in [6.45, 7) is 3.84. The summed E-state index contributed by atoms with van der Waals surface area (Å²) in [6.07, 6.45) is 1.08. The minimum Gasteiger partial charge on any atom is -0.366 e. The molecule has 6 heteroatoms. The van der Waals surface area contributed by atoms with Gasteiger partial charge in [0.2, 0.25) is 5.95 Å². The Bertz CT molecular complexity index is 598. The van der Waals surface area contributed by atoms with Crippen LogP contribution in [0.5, 0.6) is 0 Å². The maximum atomic E-state index is 11.4. The van der Waals surface area contributed by atoms with Crippen molar-refractivity contribution in [1.29, 1.82) is 0 Å². The van der Waals surface area contributed by atoms with Gasteiger partial charge < -0.3 is 20.9 Å². The number of fused-ring (bicyclic) bond motifs is 1. The average molecular weight is 259 g/mol. The molecule has 1 aromatic carbocycles. The molecular formula is C13H17N5O. The van der Waals surface area contributed by atoms with E-state index in [1.807, 2.05) is 12.1 Å². The van der Waals surface area contributed by atoms with Gasteiger partial charge in [0.15, 0.2) is 0 Å². The molecule has 4 N–H and O–H groups in total. The van der Waals surface area contributed by atoms with Gasteiger partial charge in [-0.15, -0.1) is 0 Å². The van der Waals surface area contributed by atoms with Crippen LogP contribution in [0.4, 0.5) is 5.95 Å². The molecule has 1 aliphatic rings. The molecule has 1 amide bonds. The number of primary amides is 1. The van der Waals surface area contributed by atoms with E-state index in [9.17, 15) is 4.79 Å². The van der Waals surface area contributed by atoms with Gasteiger partial charge in [-0.25, -0.2) is 4.98 Å². The zero-order chi connectivity index (χ0) is 13.2. The van der Waals surface area contributed by atoms with Crippen LogP contribution in [0.2, 0.25) is 0 Å². The molecule has 0 radical (unpaired) electrons. The summed E-state index contributed by atoms with van der Waals surface area (Å²) in [5, 5.41) is 3.35. The lowest BCUT2D eigenvalue weighted by molar-refractivity contribution is 0.100. The number of rotatable bonds is 2. The summed E-state index contributed by atoms with van der Waals surface area (Å²) < 4.78 is 0. The number of nitrogens with zero attached hydrogens (tertiary/aromatic N) is 2. The van der Waals surface area contributed by atoms with Crippen LogP contribution in [-0.2, 0) is 0 Å². The highest BCUT2D eigenvalue weighted by molar-refractivity contribution is 6.04. The van der Waals surface area contributed by atoms with Gasteiger partial charge in [-0.1, -0.05) is 6.07 Å². The summed E-state index contributed by atoms with van der Waals surface area (Å²) >= 11 is 0. The summed E-state index contributed by atoms with van der Waals surface area (Å²) in [7, 11) is 0. The fourth-order valence-electron chi connectivity index (χ4n) is 2.43. The van der Waals surface area contributed by atoms with Gasteiger partial charge in [-0.05, 0) is 25.1 Å². The Kier molecular flexibility index (Phi) is 3.08. The summed E-state index contributed by atoms with van der Waals surface area (Å²) in [6, 6.07) is 5.43. The zero-order valence-electron chi connectivity index (χ0n) is 10.6. The molecule has 1 aromatic heterocycles. The number of carbonyl (C=O) groups excluding carboxylic acids is 1. The second-order valence-electron chi connectivity index (χ2n) is 4.72. The minimum atomic E-state index is -0.443. The number of aromatic amines is 1. The van der Waals surface area contributed by atoms with Gasteiger partial charge in [-0.3, -0.25) is 4.79 Å². The van der Waals surface area contributed by atoms with Gasteiger partial charge in [0.25, 0.3) is 5.91 Å². The highest BCUT2D eigenvalue weighted by Gasteiger charge is 2.16. The molecule has 0 spiro atoms. The molecule has 0 saturated carbocycles. The van der Waals surface area contributed by atoms with Crippen LogP contribution < -0.4 is 16.0 Å². The number of nitrogens with two attached hydrogens (primary N) is 1. The minimum absolute atomic E-state index is 0.443. The average Bonchev–Trinajstić information content (AvgIpc) is 2.65. The first kappa shape index (κ1) is 12.0. The maximum absolute atomic E-state index is 11.4. The van der Waals surface area contributed by atoms with Crippen LogP contribution in [0.25, 0.3) is 11.0 Å². The molecule has 1 saturated heterocycles. The smallest absolute Gasteiger partial charge is 0.250 e. The first-order chi connectivity index (χ1) is 9.25. The Hall–Kier alpha value is -2.08. The van der Waals surface area contributed by atoms with E-state index >= 15 is 0 Å². The number of anilines is 1. The Labute approximate surface area is 111 Å². The van der Waals surface area contributed by atoms with Crippen molar-refractivity contribution >= 4 is 22.9 Å². The molecule has 6 nitrogen and oxygen atoms in total. The van der Waals surface area contributed by atoms with Crippen molar-refractivity contribution in [1.82, 2.24) is 15.3 Å². The number of H-pyrrole nitrogens is 1. The highest BCUT2D eigenvalue weighted by atomic mass is 16.1. The fraction of sp³-hybridized carbons (Fsp3) is 0.385. The molecule has 2 heterocycles. The molecule has 1 fully saturated rings. The van der Waals surface area contributed by atoms with E-state index in [0.717, 1.165) is 44.1 Å². The van der Waals surface area contributed by atoms with E-state index in [4.69, 9.17) is 5.73 Å². The van der Waals surface area contributed by atoms with Crippen LogP contribution in [-0.4, -0.2) is 42.1 Å². The van der Waals surface area contributed by atoms with E-state index in [0.29, 0.717) is 11.1 Å².